The first-order valence-electron chi connectivity index (χ1n) is 12.3. The Morgan fingerprint density at radius 2 is 1.75 bits per heavy atom. The molecule has 0 radical (unpaired) electrons. The number of nitrogens with one attached hydrogen (secondary N) is 1. The highest BCUT2D eigenvalue weighted by Crippen LogP contribution is 2.37. The lowest BCUT2D eigenvalue weighted by molar-refractivity contribution is -0.112. The molecule has 0 saturated carbocycles. The zero-order valence-electron chi connectivity index (χ0n) is 22.1. The number of nitrogens with zero attached hydrogens (tertiary/aromatic N) is 1. The minimum atomic E-state index is -0.616. The number of benzene rings is 4. The zero-order valence-corrected chi connectivity index (χ0v) is 25.0. The molecule has 0 aliphatic heterocycles. The molecule has 0 aliphatic carbocycles. The Morgan fingerprint density at radius 3 is 2.48 bits per heavy atom. The van der Waals surface area contributed by atoms with E-state index in [9.17, 15) is 10.1 Å². The second-order valence-electron chi connectivity index (χ2n) is 8.50. The van der Waals surface area contributed by atoms with Crippen LogP contribution in [-0.2, 0) is 11.4 Å². The molecule has 0 heterocycles. The predicted octanol–water partition coefficient (Wildman–Crippen LogP) is 7.64. The van der Waals surface area contributed by atoms with Crippen LogP contribution in [0.4, 0.5) is 5.69 Å². The van der Waals surface area contributed by atoms with Crippen molar-refractivity contribution in [1.29, 1.82) is 5.26 Å². The number of hydrogen-bond donors (Lipinski definition) is 1. The molecule has 0 unspecified atom stereocenters. The molecule has 0 saturated heterocycles. The topological polar surface area (TPSA) is 89.8 Å². The first-order chi connectivity index (χ1) is 19.4. The third kappa shape index (κ3) is 6.61. The van der Waals surface area contributed by atoms with Gasteiger partial charge in [0.1, 0.15) is 29.7 Å². The zero-order chi connectivity index (χ0) is 28.6. The molecule has 4 aromatic rings. The summed E-state index contributed by atoms with van der Waals surface area (Å²) in [5.74, 6) is 1.18. The summed E-state index contributed by atoms with van der Waals surface area (Å²) in [5.41, 5.74) is 1.87. The van der Waals surface area contributed by atoms with E-state index in [0.29, 0.717) is 52.5 Å². The van der Waals surface area contributed by atoms with Gasteiger partial charge < -0.3 is 24.3 Å². The van der Waals surface area contributed by atoms with Crippen molar-refractivity contribution in [3.63, 3.8) is 0 Å². The number of halogens is 2. The van der Waals surface area contributed by atoms with Crippen LogP contribution >= 0.6 is 34.2 Å². The lowest BCUT2D eigenvalue weighted by Crippen LogP contribution is -2.14. The molecule has 7 nitrogen and oxygen atoms in total. The molecule has 4 aromatic carbocycles. The van der Waals surface area contributed by atoms with Gasteiger partial charge in [-0.3, -0.25) is 4.79 Å². The van der Waals surface area contributed by atoms with Crippen molar-refractivity contribution in [2.24, 2.45) is 0 Å². The van der Waals surface area contributed by atoms with Gasteiger partial charge in [0.2, 0.25) is 0 Å². The van der Waals surface area contributed by atoms with Crippen LogP contribution in [0.5, 0.6) is 23.0 Å². The third-order valence-electron chi connectivity index (χ3n) is 5.98. The van der Waals surface area contributed by atoms with Crippen LogP contribution in [0, 0.1) is 14.9 Å². The van der Waals surface area contributed by atoms with Gasteiger partial charge in [-0.25, -0.2) is 0 Å². The molecule has 0 aromatic heterocycles. The smallest absolute Gasteiger partial charge is 0.266 e. The number of anilines is 1. The van der Waals surface area contributed by atoms with Crippen LogP contribution in [0.1, 0.15) is 18.1 Å². The summed E-state index contributed by atoms with van der Waals surface area (Å²) < 4.78 is 23.5. The molecular formula is C31H26ClIN2O5. The third-order valence-corrected chi connectivity index (χ3v) is 7.08. The molecule has 0 atom stereocenters. The molecule has 1 N–H and O–H groups in total. The summed E-state index contributed by atoms with van der Waals surface area (Å²) in [6.07, 6.45) is 1.49. The first kappa shape index (κ1) is 29.1. The van der Waals surface area contributed by atoms with Gasteiger partial charge in [0.15, 0.2) is 11.5 Å². The van der Waals surface area contributed by atoms with Crippen LogP contribution in [0.2, 0.25) is 5.02 Å². The second-order valence-corrected chi connectivity index (χ2v) is 10.1. The molecule has 9 heteroatoms. The Balaban J connectivity index is 1.61. The van der Waals surface area contributed by atoms with Crippen molar-refractivity contribution in [1.82, 2.24) is 0 Å². The van der Waals surface area contributed by atoms with Crippen molar-refractivity contribution >= 4 is 62.6 Å². The monoisotopic (exact) mass is 668 g/mol. The molecule has 1 amide bonds. The molecule has 0 bridgehead atoms. The van der Waals surface area contributed by atoms with Gasteiger partial charge in [0, 0.05) is 12.1 Å². The maximum atomic E-state index is 13.0. The fourth-order valence-electron chi connectivity index (χ4n) is 4.11. The summed E-state index contributed by atoms with van der Waals surface area (Å²) in [7, 11) is 2.92. The summed E-state index contributed by atoms with van der Waals surface area (Å²) >= 11 is 8.33. The Labute approximate surface area is 251 Å². The summed E-state index contributed by atoms with van der Waals surface area (Å²) in [5, 5.41) is 15.1. The fraction of sp³-hybridized carbons (Fsp3) is 0.161. The van der Waals surface area contributed by atoms with E-state index in [1.54, 1.807) is 6.07 Å². The van der Waals surface area contributed by atoms with E-state index in [-0.39, 0.29) is 5.57 Å². The van der Waals surface area contributed by atoms with Gasteiger partial charge >= 0.3 is 0 Å². The summed E-state index contributed by atoms with van der Waals surface area (Å²) in [6, 6.07) is 22.9. The van der Waals surface area contributed by atoms with E-state index < -0.39 is 5.91 Å². The number of carbonyl (C=O) groups excluding carboxylic acids is 1. The summed E-state index contributed by atoms with van der Waals surface area (Å²) in [6.45, 7) is 2.65. The number of amides is 1. The molecule has 0 aliphatic rings. The normalized spacial score (nSPS) is 11.1. The van der Waals surface area contributed by atoms with Crippen molar-refractivity contribution in [3.8, 4) is 29.1 Å². The Hall–Kier alpha value is -3.94. The van der Waals surface area contributed by atoms with E-state index in [4.69, 9.17) is 30.5 Å². The second kappa shape index (κ2) is 13.4. The molecule has 0 fully saturated rings. The number of methoxy groups -OCH3 is 2. The number of nitriles is 1. The molecule has 0 spiro atoms. The highest BCUT2D eigenvalue weighted by molar-refractivity contribution is 14.1. The quantitative estimate of drug-likeness (QED) is 0.106. The standard InChI is InChI=1S/C31H26ClIN2O5/c1-4-39-29-14-19(12-22(17-34)31(36)35-26-16-27(37-2)24(32)15-28(26)38-3)13-25(33)30(29)40-18-21-10-7-9-20-8-5-6-11-23(20)21/h5-16H,4,18H2,1-3H3,(H,35,36)/b22-12+. The highest BCUT2D eigenvalue weighted by atomic mass is 127. The van der Waals surface area contributed by atoms with E-state index in [0.717, 1.165) is 19.9 Å². The lowest BCUT2D eigenvalue weighted by atomic mass is 10.1. The Kier molecular flexibility index (Phi) is 9.74. The van der Waals surface area contributed by atoms with Crippen LogP contribution in [0.15, 0.2) is 72.3 Å². The van der Waals surface area contributed by atoms with Crippen LogP contribution in [0.3, 0.4) is 0 Å². The van der Waals surface area contributed by atoms with E-state index in [1.165, 1.54) is 32.4 Å². The van der Waals surface area contributed by atoms with Crippen LogP contribution < -0.4 is 24.3 Å². The number of ether oxygens (including phenoxy) is 4. The van der Waals surface area contributed by atoms with E-state index >= 15 is 0 Å². The fourth-order valence-corrected chi connectivity index (χ4v) is 5.12. The predicted molar refractivity (Wildman–Crippen MR) is 165 cm³/mol. The maximum Gasteiger partial charge on any atom is 0.266 e. The number of fused-ring (bicyclic) bond motifs is 1. The number of rotatable bonds is 10. The minimum absolute atomic E-state index is 0.112. The van der Waals surface area contributed by atoms with Crippen molar-refractivity contribution in [3.05, 3.63) is 92.0 Å². The van der Waals surface area contributed by atoms with E-state index in [2.05, 4.69) is 46.1 Å². The number of carbonyl (C=O) groups is 1. The van der Waals surface area contributed by atoms with Gasteiger partial charge in [-0.1, -0.05) is 54.1 Å². The lowest BCUT2D eigenvalue weighted by Gasteiger charge is -2.16. The van der Waals surface area contributed by atoms with Gasteiger partial charge in [-0.2, -0.15) is 5.26 Å². The largest absolute Gasteiger partial charge is 0.495 e. The van der Waals surface area contributed by atoms with E-state index in [1.807, 2.05) is 43.3 Å². The highest BCUT2D eigenvalue weighted by Gasteiger charge is 2.17. The van der Waals surface area contributed by atoms with Gasteiger partial charge in [-0.15, -0.1) is 0 Å². The Bertz CT molecular complexity index is 1630. The Morgan fingerprint density at radius 1 is 1.00 bits per heavy atom. The van der Waals surface area contributed by atoms with Crippen molar-refractivity contribution in [2.75, 3.05) is 26.1 Å². The molecular weight excluding hydrogens is 643 g/mol. The molecule has 204 valence electrons. The van der Waals surface area contributed by atoms with Crippen molar-refractivity contribution < 1.29 is 23.7 Å². The average Bonchev–Trinajstić information content (AvgIpc) is 2.96. The van der Waals surface area contributed by atoms with Crippen LogP contribution in [-0.4, -0.2) is 26.7 Å². The summed E-state index contributed by atoms with van der Waals surface area (Å²) in [4.78, 5) is 13.0. The number of hydrogen-bond acceptors (Lipinski definition) is 6. The first-order valence-corrected chi connectivity index (χ1v) is 13.7. The maximum absolute atomic E-state index is 13.0. The SMILES string of the molecule is CCOc1cc(/C=C(\C#N)C(=O)Nc2cc(OC)c(Cl)cc2OC)cc(I)c1OCc1cccc2ccccc12. The van der Waals surface area contributed by atoms with Crippen molar-refractivity contribution in [2.45, 2.75) is 13.5 Å². The van der Waals surface area contributed by atoms with Gasteiger partial charge in [-0.05, 0) is 69.6 Å². The molecule has 4 rings (SSSR count). The van der Waals surface area contributed by atoms with Crippen LogP contribution in [0.25, 0.3) is 16.8 Å². The van der Waals surface area contributed by atoms with Gasteiger partial charge in [0.05, 0.1) is 35.1 Å². The van der Waals surface area contributed by atoms with Gasteiger partial charge in [0.25, 0.3) is 5.91 Å². The molecule has 40 heavy (non-hydrogen) atoms. The average molecular weight is 669 g/mol. The minimum Gasteiger partial charge on any atom is -0.495 e.